The molecule has 0 saturated carbocycles. The Morgan fingerprint density at radius 2 is 2.19 bits per heavy atom. The van der Waals surface area contributed by atoms with Gasteiger partial charge in [0, 0.05) is 29.1 Å². The second-order valence-electron chi connectivity index (χ2n) is 3.83. The minimum atomic E-state index is -0.0119. The molecular weight excluding hydrogens is 308 g/mol. The van der Waals surface area contributed by atoms with Crippen molar-refractivity contribution in [2.45, 2.75) is 23.5 Å². The smallest absolute Gasteiger partial charge is 0.153 e. The van der Waals surface area contributed by atoms with Gasteiger partial charge >= 0.3 is 0 Å². The number of rotatable bonds is 2. The number of hydrogen-bond acceptors (Lipinski definition) is 5. The van der Waals surface area contributed by atoms with Crippen LogP contribution in [0.3, 0.4) is 0 Å². The van der Waals surface area contributed by atoms with Crippen LogP contribution in [0.25, 0.3) is 0 Å². The molecule has 7 heteroatoms. The average molecular weight is 323 g/mol. The van der Waals surface area contributed by atoms with Crippen molar-refractivity contribution in [1.29, 1.82) is 0 Å². The predicted octanol–water partition coefficient (Wildman–Crippen LogP) is 1.81. The molecule has 1 aromatic heterocycles. The van der Waals surface area contributed by atoms with E-state index in [1.54, 1.807) is 4.68 Å². The van der Waals surface area contributed by atoms with Crippen LogP contribution in [-0.4, -0.2) is 37.0 Å². The summed E-state index contributed by atoms with van der Waals surface area (Å²) < 4.78 is 2.53. The molecule has 16 heavy (non-hydrogen) atoms. The van der Waals surface area contributed by atoms with Gasteiger partial charge in [0.1, 0.15) is 0 Å². The number of aromatic nitrogens is 3. The zero-order chi connectivity index (χ0) is 11.7. The lowest BCUT2D eigenvalue weighted by atomic mass is 10.1. The number of nitrogens with two attached hydrogens (primary N) is 1. The van der Waals surface area contributed by atoms with Gasteiger partial charge < -0.3 is 5.73 Å². The molecule has 2 heterocycles. The third-order valence-corrected chi connectivity index (χ3v) is 6.51. The quantitative estimate of drug-likeness (QED) is 0.900. The molecule has 3 unspecified atom stereocenters. The fourth-order valence-corrected chi connectivity index (χ4v) is 5.34. The Labute approximate surface area is 112 Å². The second kappa shape index (κ2) is 5.29. The van der Waals surface area contributed by atoms with Crippen LogP contribution in [0, 0.1) is 0 Å². The molecule has 2 N–H and O–H groups in total. The molecule has 1 aliphatic heterocycles. The van der Waals surface area contributed by atoms with Crippen LogP contribution in [0.15, 0.2) is 4.60 Å². The first kappa shape index (κ1) is 12.7. The summed E-state index contributed by atoms with van der Waals surface area (Å²) >= 11 is 7.37. The van der Waals surface area contributed by atoms with Crippen LogP contribution in [-0.2, 0) is 7.05 Å². The van der Waals surface area contributed by atoms with Crippen molar-refractivity contribution in [3.05, 3.63) is 10.3 Å². The number of thioether (sulfide) groups is 2. The van der Waals surface area contributed by atoms with Gasteiger partial charge in [-0.2, -0.15) is 23.5 Å². The van der Waals surface area contributed by atoms with Crippen LogP contribution in [0.4, 0.5) is 0 Å². The number of halogens is 1. The van der Waals surface area contributed by atoms with Crippen molar-refractivity contribution in [3.63, 3.8) is 0 Å². The fraction of sp³-hybridized carbons (Fsp3) is 0.778. The van der Waals surface area contributed by atoms with Gasteiger partial charge in [-0.3, -0.25) is 0 Å². The molecule has 1 saturated heterocycles. The molecule has 4 nitrogen and oxygen atoms in total. The zero-order valence-corrected chi connectivity index (χ0v) is 12.5. The molecule has 90 valence electrons. The Hall–Kier alpha value is 0.280. The summed E-state index contributed by atoms with van der Waals surface area (Å²) in [6.07, 6.45) is 0. The van der Waals surface area contributed by atoms with Gasteiger partial charge in [-0.05, 0) is 15.9 Å². The summed E-state index contributed by atoms with van der Waals surface area (Å²) in [5, 5.41) is 8.99. The third kappa shape index (κ3) is 2.42. The first-order chi connectivity index (χ1) is 7.61. The van der Waals surface area contributed by atoms with E-state index in [4.69, 9.17) is 5.73 Å². The molecule has 0 aromatic carbocycles. The van der Waals surface area contributed by atoms with E-state index in [2.05, 4.69) is 33.2 Å². The molecule has 1 aliphatic rings. The summed E-state index contributed by atoms with van der Waals surface area (Å²) in [6.45, 7) is 2.25. The predicted molar refractivity (Wildman–Crippen MR) is 73.8 cm³/mol. The van der Waals surface area contributed by atoms with Crippen molar-refractivity contribution in [3.8, 4) is 0 Å². The maximum absolute atomic E-state index is 6.34. The minimum absolute atomic E-state index is 0.0119. The molecule has 0 aliphatic carbocycles. The molecule has 0 spiro atoms. The van der Waals surface area contributed by atoms with Gasteiger partial charge in [-0.15, -0.1) is 5.10 Å². The maximum atomic E-state index is 6.34. The number of hydrogen-bond donors (Lipinski definition) is 1. The molecular formula is C9H15BrN4S2. The van der Waals surface area contributed by atoms with Crippen molar-refractivity contribution < 1.29 is 0 Å². The van der Waals surface area contributed by atoms with E-state index < -0.39 is 0 Å². The largest absolute Gasteiger partial charge is 0.322 e. The summed E-state index contributed by atoms with van der Waals surface area (Å²) in [6, 6.07) is -0.0119. The Morgan fingerprint density at radius 3 is 2.75 bits per heavy atom. The van der Waals surface area contributed by atoms with Crippen LogP contribution in [0.5, 0.6) is 0 Å². The molecule has 0 amide bonds. The van der Waals surface area contributed by atoms with Gasteiger partial charge in [-0.1, -0.05) is 12.1 Å². The van der Waals surface area contributed by atoms with E-state index in [0.717, 1.165) is 10.3 Å². The first-order valence-electron chi connectivity index (χ1n) is 5.15. The second-order valence-corrected chi connectivity index (χ2v) is 7.35. The van der Waals surface area contributed by atoms with Crippen molar-refractivity contribution >= 4 is 39.5 Å². The fourth-order valence-electron chi connectivity index (χ4n) is 1.89. The van der Waals surface area contributed by atoms with E-state index in [1.165, 1.54) is 11.5 Å². The van der Waals surface area contributed by atoms with Gasteiger partial charge in [0.2, 0.25) is 0 Å². The van der Waals surface area contributed by atoms with Crippen molar-refractivity contribution in [2.75, 3.05) is 11.5 Å². The van der Waals surface area contributed by atoms with Gasteiger partial charge in [0.15, 0.2) is 4.60 Å². The van der Waals surface area contributed by atoms with E-state index >= 15 is 0 Å². The van der Waals surface area contributed by atoms with Crippen LogP contribution in [0.2, 0.25) is 0 Å². The Balaban J connectivity index is 2.20. The van der Waals surface area contributed by atoms with Gasteiger partial charge in [0.05, 0.1) is 11.7 Å². The Morgan fingerprint density at radius 1 is 1.50 bits per heavy atom. The summed E-state index contributed by atoms with van der Waals surface area (Å²) in [5.74, 6) is 2.40. The zero-order valence-electron chi connectivity index (χ0n) is 9.26. The topological polar surface area (TPSA) is 56.7 Å². The van der Waals surface area contributed by atoms with Gasteiger partial charge in [0.25, 0.3) is 0 Å². The Kier molecular flexibility index (Phi) is 4.21. The summed E-state index contributed by atoms with van der Waals surface area (Å²) in [5.41, 5.74) is 7.33. The standard InChI is InChI=1S/C9H15BrN4S2/c1-5-8(16-4-3-15-5)6(11)7-9(10)12-13-14(7)2/h5-6,8H,3-4,11H2,1-2H3. The third-order valence-electron chi connectivity index (χ3n) is 2.73. The summed E-state index contributed by atoms with van der Waals surface area (Å²) in [7, 11) is 1.89. The molecule has 0 bridgehead atoms. The molecule has 3 atom stereocenters. The highest BCUT2D eigenvalue weighted by atomic mass is 79.9. The SMILES string of the molecule is CC1SCCSC1C(N)c1c(Br)nnn1C. The van der Waals surface area contributed by atoms with Crippen LogP contribution >= 0.6 is 39.5 Å². The normalized spacial score (nSPS) is 28.0. The highest BCUT2D eigenvalue weighted by Gasteiger charge is 2.32. The molecule has 1 aromatic rings. The lowest BCUT2D eigenvalue weighted by Crippen LogP contribution is -2.35. The first-order valence-corrected chi connectivity index (χ1v) is 8.04. The van der Waals surface area contributed by atoms with E-state index in [9.17, 15) is 0 Å². The van der Waals surface area contributed by atoms with Gasteiger partial charge in [-0.25, -0.2) is 4.68 Å². The highest BCUT2D eigenvalue weighted by Crippen LogP contribution is 2.38. The van der Waals surface area contributed by atoms with E-state index in [-0.39, 0.29) is 6.04 Å². The highest BCUT2D eigenvalue weighted by molar-refractivity contribution is 9.10. The number of aryl methyl sites for hydroxylation is 1. The van der Waals surface area contributed by atoms with E-state index in [1.807, 2.05) is 30.6 Å². The van der Waals surface area contributed by atoms with Crippen LogP contribution in [0.1, 0.15) is 18.7 Å². The Bertz CT molecular complexity index is 351. The lowest BCUT2D eigenvalue weighted by Gasteiger charge is -2.32. The van der Waals surface area contributed by atoms with Crippen molar-refractivity contribution in [2.24, 2.45) is 12.8 Å². The van der Waals surface area contributed by atoms with Crippen LogP contribution < -0.4 is 5.73 Å². The minimum Gasteiger partial charge on any atom is -0.322 e. The average Bonchev–Trinajstić information content (AvgIpc) is 2.58. The maximum Gasteiger partial charge on any atom is 0.153 e. The molecule has 0 radical (unpaired) electrons. The van der Waals surface area contributed by atoms with E-state index in [0.29, 0.717) is 10.5 Å². The summed E-state index contributed by atoms with van der Waals surface area (Å²) in [4.78, 5) is 0. The number of nitrogens with zero attached hydrogens (tertiary/aromatic N) is 3. The molecule has 2 rings (SSSR count). The monoisotopic (exact) mass is 322 g/mol. The molecule has 1 fully saturated rings. The van der Waals surface area contributed by atoms with Crippen molar-refractivity contribution in [1.82, 2.24) is 15.0 Å². The lowest BCUT2D eigenvalue weighted by molar-refractivity contribution is 0.583.